The van der Waals surface area contributed by atoms with E-state index in [4.69, 9.17) is 4.74 Å². The molecule has 0 aromatic heterocycles. The number of hydrogen-bond acceptors (Lipinski definition) is 4. The van der Waals surface area contributed by atoms with E-state index in [2.05, 4.69) is 4.74 Å². The molecular weight excluding hydrogens is 215 g/mol. The highest BCUT2D eigenvalue weighted by Crippen LogP contribution is 2.17. The van der Waals surface area contributed by atoms with E-state index in [1.807, 2.05) is 0 Å². The van der Waals surface area contributed by atoms with Gasteiger partial charge in [-0.1, -0.05) is 0 Å². The first-order valence-electron chi connectivity index (χ1n) is 4.35. The topological polar surface area (TPSA) is 52.6 Å². The van der Waals surface area contributed by atoms with E-state index < -0.39 is 11.8 Å². The molecule has 0 N–H and O–H groups in total. The van der Waals surface area contributed by atoms with Crippen molar-refractivity contribution >= 4 is 14.4 Å². The first-order valence-corrected chi connectivity index (χ1v) is 5.23. The number of benzene rings is 1. The summed E-state index contributed by atoms with van der Waals surface area (Å²) >= 11 is 0. The number of methoxy groups -OCH3 is 1. The average Bonchev–Trinajstić information content (AvgIpc) is 2.29. The lowest BCUT2D eigenvalue weighted by molar-refractivity contribution is 0.0600. The Kier molecular flexibility index (Phi) is 4.25. The largest absolute Gasteiger partial charge is 0.479 e. The first kappa shape index (κ1) is 11.7. The fourth-order valence-corrected chi connectivity index (χ4v) is 1.17. The smallest absolute Gasteiger partial charge is 0.337 e. The van der Waals surface area contributed by atoms with Crippen LogP contribution in [0.15, 0.2) is 24.3 Å². The van der Waals surface area contributed by atoms with Crippen LogP contribution in [-0.2, 0) is 9.30 Å². The van der Waals surface area contributed by atoms with Gasteiger partial charge in [-0.3, -0.25) is 4.57 Å². The standard InChI is InChI=1S/C10H11O4P/c1-7(15-12)14-9-5-3-8(4-6-9)10(11)13-2/h3-7H,1-2H3. The Morgan fingerprint density at radius 1 is 1.33 bits per heavy atom. The SMILES string of the molecule is COC(=O)c1ccc(OC(C)P=O)cc1. The molecule has 0 aliphatic carbocycles. The normalized spacial score (nSPS) is 12.1. The van der Waals surface area contributed by atoms with Gasteiger partial charge in [-0.25, -0.2) is 4.79 Å². The van der Waals surface area contributed by atoms with Crippen LogP contribution >= 0.6 is 8.46 Å². The van der Waals surface area contributed by atoms with Gasteiger partial charge in [0.05, 0.1) is 12.7 Å². The summed E-state index contributed by atoms with van der Waals surface area (Å²) in [5.41, 5.74) is 0.456. The lowest BCUT2D eigenvalue weighted by Crippen LogP contribution is -2.04. The minimum Gasteiger partial charge on any atom is -0.479 e. The van der Waals surface area contributed by atoms with Crippen LogP contribution in [-0.4, -0.2) is 18.9 Å². The number of ether oxygens (including phenoxy) is 2. The molecule has 1 unspecified atom stereocenters. The summed E-state index contributed by atoms with van der Waals surface area (Å²) in [5.74, 6) is -0.218. The number of hydrogen-bond donors (Lipinski definition) is 0. The van der Waals surface area contributed by atoms with E-state index in [-0.39, 0.29) is 8.46 Å². The summed E-state index contributed by atoms with van der Waals surface area (Å²) in [6, 6.07) is 6.45. The zero-order valence-electron chi connectivity index (χ0n) is 8.47. The molecule has 80 valence electrons. The van der Waals surface area contributed by atoms with Crippen LogP contribution in [0.4, 0.5) is 0 Å². The van der Waals surface area contributed by atoms with Crippen LogP contribution < -0.4 is 4.74 Å². The zero-order valence-corrected chi connectivity index (χ0v) is 9.36. The predicted octanol–water partition coefficient (Wildman–Crippen LogP) is 2.49. The zero-order chi connectivity index (χ0) is 11.3. The van der Waals surface area contributed by atoms with Crippen LogP contribution in [0, 0.1) is 0 Å². The Hall–Kier alpha value is -1.41. The molecule has 0 saturated heterocycles. The molecule has 1 aromatic carbocycles. The Morgan fingerprint density at radius 3 is 2.40 bits per heavy atom. The second-order valence-corrected chi connectivity index (χ2v) is 3.78. The maximum absolute atomic E-state index is 11.1. The molecule has 5 heteroatoms. The van der Waals surface area contributed by atoms with Gasteiger partial charge in [-0.05, 0) is 31.2 Å². The maximum Gasteiger partial charge on any atom is 0.337 e. The molecule has 0 bridgehead atoms. The van der Waals surface area contributed by atoms with Gasteiger partial charge in [0, 0.05) is 0 Å². The Morgan fingerprint density at radius 2 is 1.93 bits per heavy atom. The number of carbonyl (C=O) groups excluding carboxylic acids is 1. The van der Waals surface area contributed by atoms with Gasteiger partial charge < -0.3 is 9.47 Å². The van der Waals surface area contributed by atoms with Crippen LogP contribution in [0.1, 0.15) is 17.3 Å². The van der Waals surface area contributed by atoms with Gasteiger partial charge in [0.15, 0.2) is 14.3 Å². The van der Waals surface area contributed by atoms with Crippen LogP contribution in [0.5, 0.6) is 5.75 Å². The van der Waals surface area contributed by atoms with Crippen LogP contribution in [0.25, 0.3) is 0 Å². The average molecular weight is 226 g/mol. The highest BCUT2D eigenvalue weighted by atomic mass is 31.1. The molecule has 0 amide bonds. The van der Waals surface area contributed by atoms with Crippen molar-refractivity contribution in [2.45, 2.75) is 12.8 Å². The highest BCUT2D eigenvalue weighted by molar-refractivity contribution is 7.24. The molecule has 0 saturated carbocycles. The van der Waals surface area contributed by atoms with Gasteiger partial charge >= 0.3 is 5.97 Å². The fourth-order valence-electron chi connectivity index (χ4n) is 1.01. The molecule has 0 spiro atoms. The number of carbonyl (C=O) groups is 1. The lowest BCUT2D eigenvalue weighted by Gasteiger charge is -2.07. The fraction of sp³-hybridized carbons (Fsp3) is 0.300. The van der Waals surface area contributed by atoms with Gasteiger partial charge in [-0.2, -0.15) is 0 Å². The van der Waals surface area contributed by atoms with Crippen molar-refractivity contribution in [1.82, 2.24) is 0 Å². The molecule has 15 heavy (non-hydrogen) atoms. The summed E-state index contributed by atoms with van der Waals surface area (Å²) < 4.78 is 20.2. The van der Waals surface area contributed by atoms with E-state index in [0.29, 0.717) is 11.3 Å². The molecule has 1 aromatic rings. The van der Waals surface area contributed by atoms with Crippen LogP contribution in [0.3, 0.4) is 0 Å². The lowest BCUT2D eigenvalue weighted by atomic mass is 10.2. The Bertz CT molecular complexity index is 347. The minimum absolute atomic E-state index is 0.0717. The van der Waals surface area contributed by atoms with Crippen LogP contribution in [0.2, 0.25) is 0 Å². The molecule has 1 rings (SSSR count). The van der Waals surface area contributed by atoms with Gasteiger partial charge in [0.25, 0.3) is 0 Å². The molecule has 0 heterocycles. The molecule has 0 aliphatic heterocycles. The highest BCUT2D eigenvalue weighted by Gasteiger charge is 2.06. The van der Waals surface area contributed by atoms with E-state index >= 15 is 0 Å². The van der Waals surface area contributed by atoms with E-state index in [1.165, 1.54) is 7.11 Å². The second kappa shape index (κ2) is 5.47. The number of esters is 1. The van der Waals surface area contributed by atoms with E-state index in [1.54, 1.807) is 31.2 Å². The third-order valence-electron chi connectivity index (χ3n) is 1.73. The van der Waals surface area contributed by atoms with Crippen molar-refractivity contribution in [3.05, 3.63) is 29.8 Å². The van der Waals surface area contributed by atoms with Crippen molar-refractivity contribution in [3.8, 4) is 5.75 Å². The molecule has 0 aliphatic rings. The third-order valence-corrected chi connectivity index (χ3v) is 2.13. The Labute approximate surface area is 89.4 Å². The van der Waals surface area contributed by atoms with Gasteiger partial charge in [0.1, 0.15) is 5.75 Å². The predicted molar refractivity (Wildman–Crippen MR) is 55.5 cm³/mol. The monoisotopic (exact) mass is 226 g/mol. The summed E-state index contributed by atoms with van der Waals surface area (Å²) in [6.45, 7) is 1.68. The summed E-state index contributed by atoms with van der Waals surface area (Å²) in [5, 5.41) is 0. The van der Waals surface area contributed by atoms with Crippen molar-refractivity contribution < 1.29 is 18.8 Å². The van der Waals surface area contributed by atoms with Crippen molar-refractivity contribution in [2.24, 2.45) is 0 Å². The quantitative estimate of drug-likeness (QED) is 0.584. The molecule has 0 radical (unpaired) electrons. The van der Waals surface area contributed by atoms with Crippen molar-refractivity contribution in [1.29, 1.82) is 0 Å². The van der Waals surface area contributed by atoms with E-state index in [0.717, 1.165) is 0 Å². The molecular formula is C10H11O4P. The summed E-state index contributed by atoms with van der Waals surface area (Å²) in [6.07, 6.45) is 0. The maximum atomic E-state index is 11.1. The second-order valence-electron chi connectivity index (χ2n) is 2.84. The summed E-state index contributed by atoms with van der Waals surface area (Å²) in [7, 11) is 1.25. The van der Waals surface area contributed by atoms with E-state index in [9.17, 15) is 9.36 Å². The molecule has 4 nitrogen and oxygen atoms in total. The summed E-state index contributed by atoms with van der Waals surface area (Å²) in [4.78, 5) is 11.1. The van der Waals surface area contributed by atoms with Crippen molar-refractivity contribution in [3.63, 3.8) is 0 Å². The minimum atomic E-state index is -0.394. The first-order chi connectivity index (χ1) is 7.17. The Balaban J connectivity index is 2.72. The number of rotatable bonds is 4. The van der Waals surface area contributed by atoms with Gasteiger partial charge in [-0.15, -0.1) is 0 Å². The molecule has 0 fully saturated rings. The van der Waals surface area contributed by atoms with Crippen molar-refractivity contribution in [2.75, 3.05) is 7.11 Å². The third kappa shape index (κ3) is 3.33. The van der Waals surface area contributed by atoms with Gasteiger partial charge in [0.2, 0.25) is 0 Å². The molecule has 1 atom stereocenters.